The highest BCUT2D eigenvalue weighted by atomic mass is 32.2. The predicted molar refractivity (Wildman–Crippen MR) is 57.8 cm³/mol. The third kappa shape index (κ3) is 0.733. The molecule has 0 saturated carbocycles. The van der Waals surface area contributed by atoms with Gasteiger partial charge < -0.3 is 0 Å². The van der Waals surface area contributed by atoms with E-state index in [1.165, 1.54) is 5.57 Å². The molecule has 80 valence electrons. The van der Waals surface area contributed by atoms with Crippen LogP contribution < -0.4 is 0 Å². The Morgan fingerprint density at radius 2 is 1.71 bits per heavy atom. The highest BCUT2D eigenvalue weighted by molar-refractivity contribution is 7.93. The van der Waals surface area contributed by atoms with E-state index in [1.54, 1.807) is 0 Å². The van der Waals surface area contributed by atoms with Gasteiger partial charge in [-0.05, 0) is 26.7 Å². The minimum Gasteiger partial charge on any atom is -0.228 e. The van der Waals surface area contributed by atoms with Gasteiger partial charge in [0.1, 0.15) is 0 Å². The lowest BCUT2D eigenvalue weighted by molar-refractivity contribution is 0.314. The van der Waals surface area contributed by atoms with E-state index < -0.39 is 14.6 Å². The van der Waals surface area contributed by atoms with E-state index in [0.717, 1.165) is 5.57 Å². The minimum atomic E-state index is -2.93. The van der Waals surface area contributed by atoms with Crippen molar-refractivity contribution in [2.24, 2.45) is 11.3 Å². The van der Waals surface area contributed by atoms with E-state index >= 15 is 0 Å². The number of sulfone groups is 1. The molecule has 3 atom stereocenters. The Morgan fingerprint density at radius 1 is 1.21 bits per heavy atom. The molecule has 0 radical (unpaired) electrons. The summed E-state index contributed by atoms with van der Waals surface area (Å²) in [5.74, 6) is 0.556. The van der Waals surface area contributed by atoms with Crippen molar-refractivity contribution in [2.45, 2.75) is 39.4 Å². The topological polar surface area (TPSA) is 34.1 Å². The Morgan fingerprint density at radius 3 is 2.00 bits per heavy atom. The SMILES string of the molecule is CC1=C(C)C2(C)C(C)C1(C)CS2(=O)=O. The Kier molecular flexibility index (Phi) is 1.65. The van der Waals surface area contributed by atoms with Crippen LogP contribution >= 0.6 is 0 Å². The van der Waals surface area contributed by atoms with Crippen LogP contribution in [0.1, 0.15) is 34.6 Å². The number of hydrogen-bond acceptors (Lipinski definition) is 2. The van der Waals surface area contributed by atoms with Gasteiger partial charge in [-0.1, -0.05) is 25.0 Å². The summed E-state index contributed by atoms with van der Waals surface area (Å²) < 4.78 is 23.6. The first-order valence-electron chi connectivity index (χ1n) is 5.08. The maximum absolute atomic E-state index is 12.1. The lowest BCUT2D eigenvalue weighted by atomic mass is 9.76. The Balaban J connectivity index is 2.80. The van der Waals surface area contributed by atoms with E-state index in [-0.39, 0.29) is 11.3 Å². The van der Waals surface area contributed by atoms with Crippen LogP contribution in [0.3, 0.4) is 0 Å². The summed E-state index contributed by atoms with van der Waals surface area (Å²) in [6.07, 6.45) is 0. The monoisotopic (exact) mass is 214 g/mol. The van der Waals surface area contributed by atoms with Crippen molar-refractivity contribution in [3.8, 4) is 0 Å². The highest BCUT2D eigenvalue weighted by Gasteiger charge is 2.66. The molecule has 2 rings (SSSR count). The Hall–Kier alpha value is -0.310. The van der Waals surface area contributed by atoms with Crippen molar-refractivity contribution in [1.82, 2.24) is 0 Å². The molecule has 1 saturated heterocycles. The van der Waals surface area contributed by atoms with Gasteiger partial charge in [0.05, 0.1) is 10.5 Å². The van der Waals surface area contributed by atoms with Crippen LogP contribution in [0.4, 0.5) is 0 Å². The van der Waals surface area contributed by atoms with Gasteiger partial charge in [0, 0.05) is 5.41 Å². The zero-order chi connectivity index (χ0) is 10.9. The molecular weight excluding hydrogens is 196 g/mol. The fourth-order valence-corrected chi connectivity index (χ4v) is 6.31. The van der Waals surface area contributed by atoms with Gasteiger partial charge in [0.25, 0.3) is 0 Å². The fourth-order valence-electron chi connectivity index (χ4n) is 3.34. The van der Waals surface area contributed by atoms with Crippen molar-refractivity contribution in [3.63, 3.8) is 0 Å². The number of hydrogen-bond donors (Lipinski definition) is 0. The quantitative estimate of drug-likeness (QED) is 0.579. The molecule has 3 unspecified atom stereocenters. The number of rotatable bonds is 0. The van der Waals surface area contributed by atoms with Gasteiger partial charge in [0.2, 0.25) is 0 Å². The third-order valence-corrected chi connectivity index (χ3v) is 8.01. The maximum Gasteiger partial charge on any atom is 0.160 e. The molecule has 0 aromatic heterocycles. The Bertz CT molecular complexity index is 432. The van der Waals surface area contributed by atoms with E-state index in [1.807, 2.05) is 13.8 Å². The molecule has 0 spiro atoms. The lowest BCUT2D eigenvalue weighted by Gasteiger charge is -2.26. The summed E-state index contributed by atoms with van der Waals surface area (Å²) in [5, 5.41) is 0. The summed E-state index contributed by atoms with van der Waals surface area (Å²) in [6.45, 7) is 10.1. The average Bonchev–Trinajstić information content (AvgIpc) is 2.28. The zero-order valence-corrected chi connectivity index (χ0v) is 10.3. The lowest BCUT2D eigenvalue weighted by Crippen LogP contribution is -2.36. The second-order valence-corrected chi connectivity index (χ2v) is 7.62. The summed E-state index contributed by atoms with van der Waals surface area (Å²) >= 11 is 0. The van der Waals surface area contributed by atoms with E-state index in [0.29, 0.717) is 5.75 Å². The van der Waals surface area contributed by atoms with Crippen molar-refractivity contribution in [1.29, 1.82) is 0 Å². The standard InChI is InChI=1S/C11H18O2S/c1-7-8(2)11(5)9(3)10(7,4)6-14(11,12)13/h9H,6H2,1-5H3. The zero-order valence-electron chi connectivity index (χ0n) is 9.51. The second-order valence-electron chi connectivity index (χ2n) is 5.26. The summed E-state index contributed by atoms with van der Waals surface area (Å²) in [4.78, 5) is 0. The molecule has 2 bridgehead atoms. The Labute approximate surface area is 86.3 Å². The summed E-state index contributed by atoms with van der Waals surface area (Å²) in [7, 11) is -2.93. The predicted octanol–water partition coefficient (Wildman–Crippen LogP) is 2.17. The van der Waals surface area contributed by atoms with Crippen molar-refractivity contribution >= 4 is 9.84 Å². The van der Waals surface area contributed by atoms with Gasteiger partial charge in [-0.25, -0.2) is 8.42 Å². The molecule has 2 nitrogen and oxygen atoms in total. The average molecular weight is 214 g/mol. The normalized spacial score (nSPS) is 50.2. The highest BCUT2D eigenvalue weighted by Crippen LogP contribution is 2.62. The molecular formula is C11H18O2S. The van der Waals surface area contributed by atoms with Gasteiger partial charge in [0.15, 0.2) is 9.84 Å². The van der Waals surface area contributed by atoms with Gasteiger partial charge in [-0.2, -0.15) is 0 Å². The molecule has 3 heteroatoms. The molecule has 0 N–H and O–H groups in total. The van der Waals surface area contributed by atoms with E-state index in [4.69, 9.17) is 0 Å². The summed E-state index contributed by atoms with van der Waals surface area (Å²) in [6, 6.07) is 0. The van der Waals surface area contributed by atoms with Gasteiger partial charge in [-0.3, -0.25) is 0 Å². The van der Waals surface area contributed by atoms with Gasteiger partial charge in [-0.15, -0.1) is 0 Å². The number of fused-ring (bicyclic) bond motifs is 2. The first kappa shape index (κ1) is 10.2. The summed E-state index contributed by atoms with van der Waals surface area (Å²) in [5.41, 5.74) is 2.26. The minimum absolute atomic E-state index is 0.113. The smallest absolute Gasteiger partial charge is 0.160 e. The van der Waals surface area contributed by atoms with Crippen LogP contribution in [-0.4, -0.2) is 18.9 Å². The van der Waals surface area contributed by atoms with E-state index in [9.17, 15) is 8.42 Å². The maximum atomic E-state index is 12.1. The third-order valence-electron chi connectivity index (χ3n) is 5.08. The molecule has 0 aromatic carbocycles. The van der Waals surface area contributed by atoms with Crippen LogP contribution in [-0.2, 0) is 9.84 Å². The first-order chi connectivity index (χ1) is 6.18. The van der Waals surface area contributed by atoms with Crippen LogP contribution in [0.5, 0.6) is 0 Å². The first-order valence-corrected chi connectivity index (χ1v) is 6.74. The van der Waals surface area contributed by atoms with Crippen molar-refractivity contribution in [3.05, 3.63) is 11.1 Å². The second kappa shape index (κ2) is 2.26. The van der Waals surface area contributed by atoms with Crippen LogP contribution in [0.25, 0.3) is 0 Å². The van der Waals surface area contributed by atoms with Crippen molar-refractivity contribution < 1.29 is 8.42 Å². The molecule has 2 aliphatic rings. The molecule has 0 amide bonds. The van der Waals surface area contributed by atoms with Crippen LogP contribution in [0.15, 0.2) is 11.1 Å². The molecule has 14 heavy (non-hydrogen) atoms. The van der Waals surface area contributed by atoms with Crippen LogP contribution in [0.2, 0.25) is 0 Å². The molecule has 0 aromatic rings. The molecule has 1 fully saturated rings. The van der Waals surface area contributed by atoms with Crippen molar-refractivity contribution in [2.75, 3.05) is 5.75 Å². The molecule has 1 aliphatic carbocycles. The fraction of sp³-hybridized carbons (Fsp3) is 0.818. The molecule has 1 aliphatic heterocycles. The number of allylic oxidation sites excluding steroid dienone is 1. The molecule has 1 heterocycles. The van der Waals surface area contributed by atoms with E-state index in [2.05, 4.69) is 20.8 Å². The van der Waals surface area contributed by atoms with Gasteiger partial charge >= 0.3 is 0 Å². The van der Waals surface area contributed by atoms with Crippen LogP contribution in [0, 0.1) is 11.3 Å². The largest absolute Gasteiger partial charge is 0.228 e.